The van der Waals surface area contributed by atoms with Gasteiger partial charge in [-0.3, -0.25) is 0 Å². The second-order valence-corrected chi connectivity index (χ2v) is 8.36. The summed E-state index contributed by atoms with van der Waals surface area (Å²) in [5, 5.41) is 12.3. The van der Waals surface area contributed by atoms with Crippen molar-refractivity contribution in [2.24, 2.45) is 0 Å². The fraction of sp³-hybridized carbons (Fsp3) is 0.500. The van der Waals surface area contributed by atoms with Gasteiger partial charge >= 0.3 is 0 Å². The van der Waals surface area contributed by atoms with Gasteiger partial charge in [-0.1, -0.05) is 23.1 Å². The number of nitrogens with one attached hydrogen (secondary N) is 1. The fourth-order valence-corrected chi connectivity index (χ4v) is 3.49. The van der Waals surface area contributed by atoms with Gasteiger partial charge in [0.1, 0.15) is 0 Å². The van der Waals surface area contributed by atoms with Crippen molar-refractivity contribution in [3.8, 4) is 0 Å². The van der Waals surface area contributed by atoms with Crippen molar-refractivity contribution in [3.63, 3.8) is 0 Å². The van der Waals surface area contributed by atoms with Crippen LogP contribution in [0.1, 0.15) is 26.3 Å². The minimum absolute atomic E-state index is 0.0915. The Balaban J connectivity index is 1.94. The lowest BCUT2D eigenvalue weighted by atomic mass is 10.1. The molecule has 0 unspecified atom stereocenters. The Hall–Kier alpha value is -0.700. The molecule has 0 aliphatic heterocycles. The molecule has 0 radical (unpaired) electrons. The smallest absolute Gasteiger partial charge is 0.194 e. The topological polar surface area (TPSA) is 63.6 Å². The molecule has 0 saturated carbocycles. The van der Waals surface area contributed by atoms with Crippen LogP contribution in [0.5, 0.6) is 0 Å². The van der Waals surface area contributed by atoms with Gasteiger partial charge < -0.3 is 5.32 Å². The summed E-state index contributed by atoms with van der Waals surface area (Å²) in [6.07, 6.45) is 5.69. The Labute approximate surface area is 131 Å². The monoisotopic (exact) mass is 327 g/mol. The van der Waals surface area contributed by atoms with Crippen LogP contribution in [-0.2, 0) is 6.54 Å². The maximum atomic E-state index is 4.35. The molecule has 0 aromatic carbocycles. The van der Waals surface area contributed by atoms with Gasteiger partial charge in [0.2, 0.25) is 0 Å². The first kappa shape index (κ1) is 15.7. The van der Waals surface area contributed by atoms with E-state index in [2.05, 4.69) is 46.3 Å². The molecule has 0 aliphatic rings. The van der Waals surface area contributed by atoms with Crippen LogP contribution in [0.4, 0.5) is 0 Å². The van der Waals surface area contributed by atoms with Crippen molar-refractivity contribution < 1.29 is 0 Å². The van der Waals surface area contributed by atoms with E-state index in [0.717, 1.165) is 20.8 Å². The molecule has 5 nitrogen and oxygen atoms in total. The second-order valence-electron chi connectivity index (χ2n) is 5.12. The molecular formula is C12H17N5S3. The zero-order valence-corrected chi connectivity index (χ0v) is 14.3. The average Bonchev–Trinajstić information content (AvgIpc) is 2.85. The van der Waals surface area contributed by atoms with E-state index in [0.29, 0.717) is 5.16 Å². The van der Waals surface area contributed by atoms with Crippen molar-refractivity contribution in [1.29, 1.82) is 0 Å². The first-order valence-electron chi connectivity index (χ1n) is 6.07. The first-order valence-corrected chi connectivity index (χ1v) is 8.93. The predicted molar refractivity (Wildman–Crippen MR) is 84.4 cm³/mol. The number of hydrogen-bond acceptors (Lipinski definition) is 8. The number of nitrogens with zero attached hydrogens (tertiary/aromatic N) is 4. The Morgan fingerprint density at radius 3 is 2.35 bits per heavy atom. The molecule has 0 spiro atoms. The molecule has 2 aromatic heterocycles. The average molecular weight is 328 g/mol. The highest BCUT2D eigenvalue weighted by atomic mass is 32.2. The van der Waals surface area contributed by atoms with E-state index >= 15 is 0 Å². The maximum Gasteiger partial charge on any atom is 0.194 e. The number of rotatable bonds is 5. The lowest BCUT2D eigenvalue weighted by Crippen LogP contribution is -2.35. The van der Waals surface area contributed by atoms with Crippen LogP contribution in [0.25, 0.3) is 0 Å². The quantitative estimate of drug-likeness (QED) is 0.668. The van der Waals surface area contributed by atoms with E-state index < -0.39 is 0 Å². The molecular weight excluding hydrogens is 310 g/mol. The SMILES string of the molecule is CSc1nnc(Sc2ncc(CNC(C)(C)C)cn2)s1. The summed E-state index contributed by atoms with van der Waals surface area (Å²) < 4.78 is 1.83. The van der Waals surface area contributed by atoms with Gasteiger partial charge in [-0.2, -0.15) is 0 Å². The van der Waals surface area contributed by atoms with Crippen molar-refractivity contribution >= 4 is 34.9 Å². The van der Waals surface area contributed by atoms with Crippen LogP contribution in [0.2, 0.25) is 0 Å². The third-order valence-electron chi connectivity index (χ3n) is 2.25. The summed E-state index contributed by atoms with van der Waals surface area (Å²) in [7, 11) is 0. The normalized spacial score (nSPS) is 11.8. The molecule has 2 rings (SSSR count). The van der Waals surface area contributed by atoms with Gasteiger partial charge in [-0.15, -0.1) is 10.2 Å². The zero-order chi connectivity index (χ0) is 14.6. The van der Waals surface area contributed by atoms with Crippen molar-refractivity contribution in [2.75, 3.05) is 6.26 Å². The highest BCUT2D eigenvalue weighted by Crippen LogP contribution is 2.30. The number of aromatic nitrogens is 4. The Morgan fingerprint density at radius 2 is 1.80 bits per heavy atom. The predicted octanol–water partition coefficient (Wildman–Crippen LogP) is 3.09. The molecule has 0 saturated heterocycles. The third kappa shape index (κ3) is 5.01. The van der Waals surface area contributed by atoms with E-state index in [1.807, 2.05) is 18.6 Å². The standard InChI is InChI=1S/C12H17N5S3/c1-12(2,3)15-7-8-5-13-9(14-6-8)19-11-17-16-10(18-4)20-11/h5-6,15H,7H2,1-4H3. The molecule has 1 N–H and O–H groups in total. The molecule has 108 valence electrons. The van der Waals surface area contributed by atoms with E-state index in [1.54, 1.807) is 23.1 Å². The van der Waals surface area contributed by atoms with Crippen LogP contribution in [0.15, 0.2) is 26.2 Å². The van der Waals surface area contributed by atoms with Crippen LogP contribution >= 0.6 is 34.9 Å². The van der Waals surface area contributed by atoms with Crippen LogP contribution in [0.3, 0.4) is 0 Å². The van der Waals surface area contributed by atoms with Gasteiger partial charge in [0.15, 0.2) is 13.8 Å². The zero-order valence-electron chi connectivity index (χ0n) is 11.9. The van der Waals surface area contributed by atoms with Gasteiger partial charge in [0.25, 0.3) is 0 Å². The van der Waals surface area contributed by atoms with Gasteiger partial charge in [-0.25, -0.2) is 9.97 Å². The van der Waals surface area contributed by atoms with Crippen LogP contribution in [0, 0.1) is 0 Å². The Bertz CT molecular complexity index is 547. The van der Waals surface area contributed by atoms with Gasteiger partial charge in [0, 0.05) is 30.0 Å². The fourth-order valence-electron chi connectivity index (χ4n) is 1.25. The first-order chi connectivity index (χ1) is 9.46. The highest BCUT2D eigenvalue weighted by Gasteiger charge is 2.10. The van der Waals surface area contributed by atoms with E-state index in [4.69, 9.17) is 0 Å². The summed E-state index contributed by atoms with van der Waals surface area (Å²) >= 11 is 4.60. The molecule has 0 bridgehead atoms. The maximum absolute atomic E-state index is 4.35. The second kappa shape index (κ2) is 6.84. The third-order valence-corrected chi connectivity index (χ3v) is 5.09. The van der Waals surface area contributed by atoms with Gasteiger partial charge in [-0.05, 0) is 38.8 Å². The summed E-state index contributed by atoms with van der Waals surface area (Å²) in [6, 6.07) is 0. The lowest BCUT2D eigenvalue weighted by molar-refractivity contribution is 0.423. The van der Waals surface area contributed by atoms with Crippen molar-refractivity contribution in [1.82, 2.24) is 25.5 Å². The summed E-state index contributed by atoms with van der Waals surface area (Å²) in [5.74, 6) is 0. The van der Waals surface area contributed by atoms with E-state index in [9.17, 15) is 0 Å². The largest absolute Gasteiger partial charge is 0.308 e. The minimum Gasteiger partial charge on any atom is -0.308 e. The number of hydrogen-bond donors (Lipinski definition) is 1. The van der Waals surface area contributed by atoms with Gasteiger partial charge in [0.05, 0.1) is 0 Å². The summed E-state index contributed by atoms with van der Waals surface area (Å²) in [5.41, 5.74) is 1.17. The number of thioether (sulfide) groups is 1. The molecule has 0 atom stereocenters. The summed E-state index contributed by atoms with van der Waals surface area (Å²) in [4.78, 5) is 8.71. The van der Waals surface area contributed by atoms with Crippen LogP contribution < -0.4 is 5.32 Å². The molecule has 8 heteroatoms. The molecule has 0 amide bonds. The lowest BCUT2D eigenvalue weighted by Gasteiger charge is -2.20. The van der Waals surface area contributed by atoms with E-state index in [-0.39, 0.29) is 5.54 Å². The Kier molecular flexibility index (Phi) is 5.36. The molecule has 0 aliphatic carbocycles. The molecule has 20 heavy (non-hydrogen) atoms. The minimum atomic E-state index is 0.0915. The van der Waals surface area contributed by atoms with Crippen molar-refractivity contribution in [3.05, 3.63) is 18.0 Å². The molecule has 2 heterocycles. The molecule has 2 aromatic rings. The summed E-state index contributed by atoms with van der Waals surface area (Å²) in [6.45, 7) is 7.18. The Morgan fingerprint density at radius 1 is 1.15 bits per heavy atom. The van der Waals surface area contributed by atoms with Crippen molar-refractivity contribution in [2.45, 2.75) is 46.7 Å². The van der Waals surface area contributed by atoms with Crippen LogP contribution in [-0.4, -0.2) is 32.0 Å². The molecule has 0 fully saturated rings. The highest BCUT2D eigenvalue weighted by molar-refractivity contribution is 8.02. The van der Waals surface area contributed by atoms with E-state index in [1.165, 1.54) is 11.8 Å².